The molecule has 1 aliphatic heterocycles. The third-order valence-corrected chi connectivity index (χ3v) is 5.09. The molecule has 138 valence electrons. The first-order chi connectivity index (χ1) is 12.6. The molecule has 8 heteroatoms. The Hall–Kier alpha value is -1.91. The van der Waals surface area contributed by atoms with Gasteiger partial charge in [0, 0.05) is 12.0 Å². The number of hydrogen-bond acceptors (Lipinski definition) is 7. The molecule has 1 heterocycles. The van der Waals surface area contributed by atoms with Gasteiger partial charge in [-0.2, -0.15) is 10.4 Å². The van der Waals surface area contributed by atoms with Gasteiger partial charge in [0.25, 0.3) is 0 Å². The number of hydrazone groups is 1. The number of carbonyl (C=O) groups is 1. The third-order valence-electron chi connectivity index (χ3n) is 4.25. The second-order valence-electron chi connectivity index (χ2n) is 6.15. The maximum Gasteiger partial charge on any atom is 0.334 e. The molecule has 2 atom stereocenters. The van der Waals surface area contributed by atoms with E-state index in [0.717, 1.165) is 18.6 Å². The van der Waals surface area contributed by atoms with Crippen LogP contribution in [-0.4, -0.2) is 47.6 Å². The van der Waals surface area contributed by atoms with Gasteiger partial charge in [-0.1, -0.05) is 11.6 Å². The molecule has 6 nitrogen and oxygen atoms in total. The number of benzene rings is 1. The lowest BCUT2D eigenvalue weighted by molar-refractivity contribution is -0.150. The van der Waals surface area contributed by atoms with Crippen molar-refractivity contribution < 1.29 is 14.3 Å². The Kier molecular flexibility index (Phi) is 5.94. The zero-order chi connectivity index (χ0) is 18.7. The summed E-state index contributed by atoms with van der Waals surface area (Å²) in [5.74, 6) is 1.09. The van der Waals surface area contributed by atoms with E-state index in [4.69, 9.17) is 26.3 Å². The summed E-state index contributed by atoms with van der Waals surface area (Å²) in [6.07, 6.45) is 3.55. The highest BCUT2D eigenvalue weighted by atomic mass is 35.5. The molecule has 3 rings (SSSR count). The molecule has 1 aromatic carbocycles. The fourth-order valence-corrected chi connectivity index (χ4v) is 3.62. The van der Waals surface area contributed by atoms with Crippen molar-refractivity contribution in [1.82, 2.24) is 5.01 Å². The van der Waals surface area contributed by atoms with Crippen LogP contribution in [0.15, 0.2) is 23.3 Å². The van der Waals surface area contributed by atoms with Crippen molar-refractivity contribution in [2.24, 2.45) is 11.0 Å². The highest BCUT2D eigenvalue weighted by Crippen LogP contribution is 2.38. The number of esters is 1. The maximum atomic E-state index is 12.6. The van der Waals surface area contributed by atoms with Crippen LogP contribution in [-0.2, 0) is 9.53 Å². The summed E-state index contributed by atoms with van der Waals surface area (Å²) in [5, 5.41) is 15.8. The van der Waals surface area contributed by atoms with Gasteiger partial charge in [-0.05, 0) is 38.2 Å². The van der Waals surface area contributed by atoms with Crippen LogP contribution in [0.2, 0.25) is 5.02 Å². The van der Waals surface area contributed by atoms with Crippen LogP contribution in [0.3, 0.4) is 0 Å². The number of nitrogens with zero attached hydrogens (tertiary/aromatic N) is 3. The Morgan fingerprint density at radius 2 is 2.27 bits per heavy atom. The first-order valence-electron chi connectivity index (χ1n) is 8.46. The van der Waals surface area contributed by atoms with Crippen LogP contribution in [0.1, 0.15) is 25.3 Å². The number of hydrogen-bond donors (Lipinski definition) is 0. The first-order valence-corrected chi connectivity index (χ1v) is 10.2. The lowest BCUT2D eigenvalue weighted by atomic mass is 10.0. The van der Waals surface area contributed by atoms with Crippen molar-refractivity contribution in [1.29, 1.82) is 5.26 Å². The second-order valence-corrected chi connectivity index (χ2v) is 7.39. The zero-order valence-electron chi connectivity index (χ0n) is 14.6. The van der Waals surface area contributed by atoms with E-state index in [2.05, 4.69) is 5.10 Å². The Bertz CT molecular complexity index is 761. The topological polar surface area (TPSA) is 74.9 Å². The molecule has 1 aliphatic carbocycles. The maximum absolute atomic E-state index is 12.6. The number of thioether (sulfide) groups is 1. The largest absolute Gasteiger partial charge is 0.481 e. The lowest BCUT2D eigenvalue weighted by Crippen LogP contribution is -2.47. The number of rotatable bonds is 7. The molecule has 2 unspecified atom stereocenters. The SMILES string of the molecule is CCOC(=O)C1C(Oc2ccc(C#N)c(Cl)c2)C(C2CC2)=NN1CSC. The summed E-state index contributed by atoms with van der Waals surface area (Å²) in [6.45, 7) is 2.08. The predicted octanol–water partition coefficient (Wildman–Crippen LogP) is 3.29. The Morgan fingerprint density at radius 1 is 1.50 bits per heavy atom. The Labute approximate surface area is 162 Å². The third kappa shape index (κ3) is 3.92. The van der Waals surface area contributed by atoms with E-state index >= 15 is 0 Å². The van der Waals surface area contributed by atoms with Crippen molar-refractivity contribution in [3.8, 4) is 11.8 Å². The van der Waals surface area contributed by atoms with E-state index in [0.29, 0.717) is 34.7 Å². The summed E-state index contributed by atoms with van der Waals surface area (Å²) >= 11 is 7.70. The summed E-state index contributed by atoms with van der Waals surface area (Å²) in [5.41, 5.74) is 1.27. The molecular formula is C18H20ClN3O3S. The van der Waals surface area contributed by atoms with Crippen LogP contribution in [0, 0.1) is 17.2 Å². The Morgan fingerprint density at radius 3 is 2.85 bits per heavy atom. The van der Waals surface area contributed by atoms with E-state index in [9.17, 15) is 4.79 Å². The molecule has 1 saturated carbocycles. The minimum absolute atomic E-state index is 0.302. The van der Waals surface area contributed by atoms with Gasteiger partial charge in [0.05, 0.1) is 28.8 Å². The molecule has 0 bridgehead atoms. The molecule has 1 fully saturated rings. The van der Waals surface area contributed by atoms with Crippen molar-refractivity contribution >= 4 is 35.0 Å². The van der Waals surface area contributed by atoms with Gasteiger partial charge in [-0.3, -0.25) is 5.01 Å². The second kappa shape index (κ2) is 8.19. The fraction of sp³-hybridized carbons (Fsp3) is 0.500. The summed E-state index contributed by atoms with van der Waals surface area (Å²) < 4.78 is 11.4. The minimum Gasteiger partial charge on any atom is -0.481 e. The number of nitriles is 1. The van der Waals surface area contributed by atoms with Gasteiger partial charge in [0.2, 0.25) is 0 Å². The van der Waals surface area contributed by atoms with Crippen molar-refractivity contribution in [2.45, 2.75) is 31.9 Å². The standard InChI is InChI=1S/C18H20ClN3O3S/c1-3-24-18(23)16-17(15(11-4-5-11)21-22(16)10-26-2)25-13-7-6-12(9-20)14(19)8-13/h6-8,11,16-17H,3-5,10H2,1-2H3. The molecule has 0 amide bonds. The summed E-state index contributed by atoms with van der Waals surface area (Å²) in [6, 6.07) is 6.31. The average Bonchev–Trinajstić information content (AvgIpc) is 3.39. The minimum atomic E-state index is -0.618. The molecule has 1 aromatic rings. The predicted molar refractivity (Wildman–Crippen MR) is 101 cm³/mol. The monoisotopic (exact) mass is 393 g/mol. The van der Waals surface area contributed by atoms with Crippen LogP contribution in [0.4, 0.5) is 0 Å². The van der Waals surface area contributed by atoms with Gasteiger partial charge in [0.1, 0.15) is 11.8 Å². The number of carbonyl (C=O) groups excluding carboxylic acids is 1. The average molecular weight is 394 g/mol. The van der Waals surface area contributed by atoms with E-state index in [1.165, 1.54) is 0 Å². The van der Waals surface area contributed by atoms with Gasteiger partial charge in [-0.15, -0.1) is 11.8 Å². The van der Waals surface area contributed by atoms with E-state index < -0.39 is 12.1 Å². The van der Waals surface area contributed by atoms with Crippen LogP contribution >= 0.6 is 23.4 Å². The molecule has 0 spiro atoms. The van der Waals surface area contributed by atoms with Gasteiger partial charge in [0.15, 0.2) is 12.1 Å². The zero-order valence-corrected chi connectivity index (χ0v) is 16.2. The molecular weight excluding hydrogens is 374 g/mol. The number of halogens is 1. The van der Waals surface area contributed by atoms with Gasteiger partial charge < -0.3 is 9.47 Å². The molecule has 0 aromatic heterocycles. The lowest BCUT2D eigenvalue weighted by Gasteiger charge is -2.26. The van der Waals surface area contributed by atoms with E-state index in [1.807, 2.05) is 12.3 Å². The van der Waals surface area contributed by atoms with Crippen LogP contribution in [0.25, 0.3) is 0 Å². The Balaban J connectivity index is 1.89. The van der Waals surface area contributed by atoms with E-state index in [-0.39, 0.29) is 5.97 Å². The molecule has 0 saturated heterocycles. The summed E-state index contributed by atoms with van der Waals surface area (Å²) in [4.78, 5) is 12.6. The highest BCUT2D eigenvalue weighted by Gasteiger charge is 2.49. The quantitative estimate of drug-likeness (QED) is 0.661. The van der Waals surface area contributed by atoms with Crippen molar-refractivity contribution in [3.05, 3.63) is 28.8 Å². The molecule has 2 aliphatic rings. The number of ether oxygens (including phenoxy) is 2. The molecule has 0 N–H and O–H groups in total. The fourth-order valence-electron chi connectivity index (χ4n) is 2.92. The molecule has 26 heavy (non-hydrogen) atoms. The van der Waals surface area contributed by atoms with Crippen molar-refractivity contribution in [2.75, 3.05) is 18.7 Å². The van der Waals surface area contributed by atoms with Crippen LogP contribution in [0.5, 0.6) is 5.75 Å². The van der Waals surface area contributed by atoms with Gasteiger partial charge >= 0.3 is 5.97 Å². The first kappa shape index (κ1) is 18.9. The molecule has 0 radical (unpaired) electrons. The van der Waals surface area contributed by atoms with Crippen LogP contribution < -0.4 is 4.74 Å². The van der Waals surface area contributed by atoms with E-state index in [1.54, 1.807) is 41.9 Å². The smallest absolute Gasteiger partial charge is 0.334 e. The normalized spacial score (nSPS) is 21.9. The highest BCUT2D eigenvalue weighted by molar-refractivity contribution is 7.98. The van der Waals surface area contributed by atoms with Gasteiger partial charge in [-0.25, -0.2) is 4.79 Å². The van der Waals surface area contributed by atoms with Crippen molar-refractivity contribution in [3.63, 3.8) is 0 Å². The summed E-state index contributed by atoms with van der Waals surface area (Å²) in [7, 11) is 0.